The van der Waals surface area contributed by atoms with E-state index in [1.165, 1.54) is 7.11 Å². The summed E-state index contributed by atoms with van der Waals surface area (Å²) in [5, 5.41) is 19.0. The molecule has 6 heteroatoms. The highest BCUT2D eigenvalue weighted by Gasteiger charge is 2.46. The third kappa shape index (κ3) is 2.09. The van der Waals surface area contributed by atoms with Crippen molar-refractivity contribution in [3.8, 4) is 11.5 Å². The van der Waals surface area contributed by atoms with Crippen LogP contribution < -0.4 is 4.74 Å². The fraction of sp³-hybridized carbons (Fsp3) is 0.500. The fourth-order valence-electron chi connectivity index (χ4n) is 2.89. The minimum absolute atomic E-state index is 0.142. The van der Waals surface area contributed by atoms with Gasteiger partial charge in [-0.1, -0.05) is 19.3 Å². The molecule has 1 aliphatic carbocycles. The zero-order valence-electron chi connectivity index (χ0n) is 11.1. The Morgan fingerprint density at radius 1 is 1.25 bits per heavy atom. The number of carboxylic acids is 1. The molecule has 1 saturated carbocycles. The normalized spacial score (nSPS) is 17.8. The highest BCUT2D eigenvalue weighted by atomic mass is 19.1. The number of aliphatic carboxylic acids is 1. The molecule has 0 bridgehead atoms. The van der Waals surface area contributed by atoms with Gasteiger partial charge in [-0.15, -0.1) is 0 Å². The predicted octanol–water partition coefficient (Wildman–Crippen LogP) is 2.97. The van der Waals surface area contributed by atoms with E-state index in [0.29, 0.717) is 12.8 Å². The van der Waals surface area contributed by atoms with Gasteiger partial charge >= 0.3 is 5.97 Å². The molecule has 0 atom stereocenters. The van der Waals surface area contributed by atoms with Gasteiger partial charge in [-0.05, 0) is 12.8 Å². The van der Waals surface area contributed by atoms with Gasteiger partial charge in [0.15, 0.2) is 23.1 Å². The van der Waals surface area contributed by atoms with Gasteiger partial charge in [-0.25, -0.2) is 8.78 Å². The summed E-state index contributed by atoms with van der Waals surface area (Å²) < 4.78 is 33.3. The van der Waals surface area contributed by atoms with E-state index in [1.54, 1.807) is 0 Å². The molecule has 0 heterocycles. The molecule has 0 unspecified atom stereocenters. The highest BCUT2D eigenvalue weighted by molar-refractivity contribution is 5.82. The molecule has 2 rings (SSSR count). The largest absolute Gasteiger partial charge is 0.505 e. The lowest BCUT2D eigenvalue weighted by Gasteiger charge is -2.34. The molecule has 0 aliphatic heterocycles. The maximum Gasteiger partial charge on any atom is 0.314 e. The Morgan fingerprint density at radius 3 is 2.35 bits per heavy atom. The van der Waals surface area contributed by atoms with Crippen molar-refractivity contribution in [2.24, 2.45) is 0 Å². The van der Waals surface area contributed by atoms with Crippen LogP contribution in [-0.2, 0) is 10.2 Å². The third-order valence-electron chi connectivity index (χ3n) is 3.96. The highest BCUT2D eigenvalue weighted by Crippen LogP contribution is 2.45. The van der Waals surface area contributed by atoms with E-state index in [0.717, 1.165) is 12.5 Å². The van der Waals surface area contributed by atoms with Crippen molar-refractivity contribution in [3.05, 3.63) is 23.3 Å². The number of benzene rings is 1. The molecule has 0 amide bonds. The SMILES string of the molecule is COc1cc(O)c(F)c(C2(C(=O)O)CCCCC2)c1F. The van der Waals surface area contributed by atoms with Gasteiger partial charge in [-0.3, -0.25) is 4.79 Å². The fourth-order valence-corrected chi connectivity index (χ4v) is 2.89. The number of carboxylic acid groups (broad SMARTS) is 1. The van der Waals surface area contributed by atoms with Crippen LogP contribution in [0.3, 0.4) is 0 Å². The molecule has 0 saturated heterocycles. The first-order valence-electron chi connectivity index (χ1n) is 6.43. The Hall–Kier alpha value is -1.85. The van der Waals surface area contributed by atoms with Crippen LogP contribution in [0, 0.1) is 11.6 Å². The van der Waals surface area contributed by atoms with E-state index in [1.807, 2.05) is 0 Å². The van der Waals surface area contributed by atoms with E-state index in [2.05, 4.69) is 0 Å². The van der Waals surface area contributed by atoms with Crippen LogP contribution in [0.1, 0.15) is 37.7 Å². The zero-order valence-corrected chi connectivity index (χ0v) is 11.1. The Morgan fingerprint density at radius 2 is 1.85 bits per heavy atom. The lowest BCUT2D eigenvalue weighted by Crippen LogP contribution is -2.39. The summed E-state index contributed by atoms with van der Waals surface area (Å²) in [6, 6.07) is 0.812. The molecule has 20 heavy (non-hydrogen) atoms. The maximum atomic E-state index is 14.4. The number of ether oxygens (including phenoxy) is 1. The van der Waals surface area contributed by atoms with E-state index >= 15 is 0 Å². The standard InChI is InChI=1S/C14H16F2O4/c1-20-9-7-8(17)11(15)10(12(9)16)14(13(18)19)5-3-2-4-6-14/h7,17H,2-6H2,1H3,(H,18,19). The van der Waals surface area contributed by atoms with Gasteiger partial charge in [0.05, 0.1) is 12.5 Å². The number of hydrogen-bond donors (Lipinski definition) is 2. The smallest absolute Gasteiger partial charge is 0.314 e. The minimum Gasteiger partial charge on any atom is -0.505 e. The van der Waals surface area contributed by atoms with Crippen molar-refractivity contribution in [2.75, 3.05) is 7.11 Å². The number of methoxy groups -OCH3 is 1. The Labute approximate surface area is 115 Å². The molecular formula is C14H16F2O4. The van der Waals surface area contributed by atoms with Crippen LogP contribution in [0.25, 0.3) is 0 Å². The molecule has 2 N–H and O–H groups in total. The number of aromatic hydroxyl groups is 1. The van der Waals surface area contributed by atoms with Crippen LogP contribution in [0.5, 0.6) is 11.5 Å². The first kappa shape index (κ1) is 14.6. The molecule has 1 aromatic carbocycles. The molecule has 4 nitrogen and oxygen atoms in total. The molecule has 0 aromatic heterocycles. The van der Waals surface area contributed by atoms with Crippen LogP contribution in [0.4, 0.5) is 8.78 Å². The molecule has 1 fully saturated rings. The quantitative estimate of drug-likeness (QED) is 0.896. The number of halogens is 2. The second-order valence-electron chi connectivity index (χ2n) is 5.05. The molecular weight excluding hydrogens is 270 g/mol. The van der Waals surface area contributed by atoms with E-state index < -0.39 is 34.3 Å². The van der Waals surface area contributed by atoms with Crippen LogP contribution >= 0.6 is 0 Å². The first-order valence-corrected chi connectivity index (χ1v) is 6.43. The van der Waals surface area contributed by atoms with Gasteiger partial charge in [0.1, 0.15) is 0 Å². The van der Waals surface area contributed by atoms with Crippen molar-refractivity contribution < 1.29 is 28.5 Å². The van der Waals surface area contributed by atoms with Crippen LogP contribution in [0.15, 0.2) is 6.07 Å². The monoisotopic (exact) mass is 286 g/mol. The van der Waals surface area contributed by atoms with Crippen LogP contribution in [0.2, 0.25) is 0 Å². The van der Waals surface area contributed by atoms with E-state index in [4.69, 9.17) is 4.74 Å². The summed E-state index contributed by atoms with van der Waals surface area (Å²) in [6.45, 7) is 0. The van der Waals surface area contributed by atoms with E-state index in [9.17, 15) is 23.8 Å². The second-order valence-corrected chi connectivity index (χ2v) is 5.05. The van der Waals surface area contributed by atoms with Crippen molar-refractivity contribution in [2.45, 2.75) is 37.5 Å². The minimum atomic E-state index is -1.64. The van der Waals surface area contributed by atoms with Gasteiger partial charge in [0, 0.05) is 11.6 Å². The topological polar surface area (TPSA) is 66.8 Å². The first-order chi connectivity index (χ1) is 9.44. The Bertz CT molecular complexity index is 536. The zero-order chi connectivity index (χ0) is 14.9. The Balaban J connectivity index is 2.70. The van der Waals surface area contributed by atoms with Gasteiger partial charge < -0.3 is 14.9 Å². The van der Waals surface area contributed by atoms with Gasteiger partial charge in [0.2, 0.25) is 0 Å². The summed E-state index contributed by atoms with van der Waals surface area (Å²) in [6.07, 6.45) is 2.26. The summed E-state index contributed by atoms with van der Waals surface area (Å²) >= 11 is 0. The number of rotatable bonds is 3. The van der Waals surface area contributed by atoms with Crippen molar-refractivity contribution >= 4 is 5.97 Å². The summed E-state index contributed by atoms with van der Waals surface area (Å²) in [5.41, 5.74) is -2.24. The predicted molar refractivity (Wildman–Crippen MR) is 67.0 cm³/mol. The molecule has 1 aliphatic rings. The van der Waals surface area contributed by atoms with E-state index in [-0.39, 0.29) is 18.6 Å². The van der Waals surface area contributed by atoms with Crippen molar-refractivity contribution in [3.63, 3.8) is 0 Å². The number of hydrogen-bond acceptors (Lipinski definition) is 3. The number of phenolic OH excluding ortho intramolecular Hbond substituents is 1. The molecule has 1 aromatic rings. The van der Waals surface area contributed by atoms with Crippen LogP contribution in [-0.4, -0.2) is 23.3 Å². The average Bonchev–Trinajstić information content (AvgIpc) is 2.44. The number of carbonyl (C=O) groups is 1. The summed E-state index contributed by atoms with van der Waals surface area (Å²) in [4.78, 5) is 11.6. The molecule has 110 valence electrons. The third-order valence-corrected chi connectivity index (χ3v) is 3.96. The Kier molecular flexibility index (Phi) is 3.83. The van der Waals surface area contributed by atoms with Crippen molar-refractivity contribution in [1.29, 1.82) is 0 Å². The summed E-state index contributed by atoms with van der Waals surface area (Å²) in [7, 11) is 1.17. The molecule has 0 spiro atoms. The summed E-state index contributed by atoms with van der Waals surface area (Å²) in [5.74, 6) is -4.70. The molecule has 0 radical (unpaired) electrons. The lowest BCUT2D eigenvalue weighted by molar-refractivity contribution is -0.145. The second kappa shape index (κ2) is 5.26. The number of phenols is 1. The van der Waals surface area contributed by atoms with Gasteiger partial charge in [0.25, 0.3) is 0 Å². The lowest BCUT2D eigenvalue weighted by atomic mass is 9.69. The average molecular weight is 286 g/mol. The van der Waals surface area contributed by atoms with Gasteiger partial charge in [-0.2, -0.15) is 0 Å². The van der Waals surface area contributed by atoms with Crippen molar-refractivity contribution in [1.82, 2.24) is 0 Å². The maximum absolute atomic E-state index is 14.4.